The standard InChI is InChI=1S/C27H31O2P/c1-5-27(6-2,30-25-18-11-10-16-23(25)21(4)28)24-17-12-13-20(3)26(24)29-19-22-14-8-7-9-15-22/h7-18,30H,5-6,19H2,1-4H3. The summed E-state index contributed by atoms with van der Waals surface area (Å²) in [6, 6.07) is 24.8. The van der Waals surface area contributed by atoms with E-state index in [-0.39, 0.29) is 10.9 Å². The Labute approximate surface area is 182 Å². The zero-order chi connectivity index (χ0) is 21.6. The molecule has 0 aliphatic rings. The highest BCUT2D eigenvalue weighted by Gasteiger charge is 2.33. The summed E-state index contributed by atoms with van der Waals surface area (Å²) in [4.78, 5) is 12.2. The van der Waals surface area contributed by atoms with Gasteiger partial charge in [-0.3, -0.25) is 4.79 Å². The van der Waals surface area contributed by atoms with Gasteiger partial charge in [-0.25, -0.2) is 0 Å². The van der Waals surface area contributed by atoms with E-state index in [1.54, 1.807) is 6.92 Å². The fourth-order valence-corrected chi connectivity index (χ4v) is 5.76. The van der Waals surface area contributed by atoms with Gasteiger partial charge in [-0.1, -0.05) is 95.2 Å². The van der Waals surface area contributed by atoms with Gasteiger partial charge in [0.1, 0.15) is 12.4 Å². The molecule has 0 radical (unpaired) electrons. The van der Waals surface area contributed by atoms with Gasteiger partial charge in [0, 0.05) is 16.3 Å². The van der Waals surface area contributed by atoms with Crippen LogP contribution in [0.2, 0.25) is 0 Å². The second-order valence-corrected chi connectivity index (χ2v) is 9.49. The highest BCUT2D eigenvalue weighted by atomic mass is 31.1. The van der Waals surface area contributed by atoms with Crippen LogP contribution >= 0.6 is 8.58 Å². The van der Waals surface area contributed by atoms with Gasteiger partial charge in [0.05, 0.1) is 0 Å². The minimum Gasteiger partial charge on any atom is -0.488 e. The summed E-state index contributed by atoms with van der Waals surface area (Å²) in [5, 5.41) is 1.08. The van der Waals surface area contributed by atoms with Gasteiger partial charge in [-0.05, 0) is 43.1 Å². The summed E-state index contributed by atoms with van der Waals surface area (Å²) in [5.41, 5.74) is 4.40. The first-order chi connectivity index (χ1) is 14.5. The number of carbonyl (C=O) groups excluding carboxylic acids is 1. The van der Waals surface area contributed by atoms with E-state index in [1.807, 2.05) is 36.4 Å². The maximum absolute atomic E-state index is 12.2. The number of aryl methyl sites for hydroxylation is 1. The molecule has 3 aromatic rings. The Morgan fingerprint density at radius 3 is 2.23 bits per heavy atom. The van der Waals surface area contributed by atoms with Crippen LogP contribution in [-0.4, -0.2) is 5.78 Å². The van der Waals surface area contributed by atoms with Crippen LogP contribution in [-0.2, 0) is 11.8 Å². The predicted octanol–water partition coefficient (Wildman–Crippen LogP) is 6.80. The Morgan fingerprint density at radius 1 is 0.900 bits per heavy atom. The van der Waals surface area contributed by atoms with Crippen molar-refractivity contribution in [3.63, 3.8) is 0 Å². The molecule has 156 valence electrons. The molecule has 3 heteroatoms. The molecule has 0 aromatic heterocycles. The first-order valence-corrected chi connectivity index (χ1v) is 11.7. The second-order valence-electron chi connectivity index (χ2n) is 7.74. The normalized spacial score (nSPS) is 11.7. The molecule has 2 nitrogen and oxygen atoms in total. The predicted molar refractivity (Wildman–Crippen MR) is 129 cm³/mol. The molecule has 0 spiro atoms. The largest absolute Gasteiger partial charge is 0.488 e. The summed E-state index contributed by atoms with van der Waals surface area (Å²) >= 11 is 0. The lowest BCUT2D eigenvalue weighted by molar-refractivity contribution is 0.101. The van der Waals surface area contributed by atoms with E-state index in [0.717, 1.165) is 40.6 Å². The number of rotatable bonds is 9. The summed E-state index contributed by atoms with van der Waals surface area (Å²) in [6.07, 6.45) is 1.97. The summed E-state index contributed by atoms with van der Waals surface area (Å²) in [7, 11) is 0.498. The van der Waals surface area contributed by atoms with Gasteiger partial charge in [0.15, 0.2) is 5.78 Å². The van der Waals surface area contributed by atoms with Crippen LogP contribution in [0.25, 0.3) is 0 Å². The monoisotopic (exact) mass is 418 g/mol. The molecular weight excluding hydrogens is 387 g/mol. The molecule has 0 heterocycles. The average Bonchev–Trinajstić information content (AvgIpc) is 2.77. The van der Waals surface area contributed by atoms with Crippen molar-refractivity contribution in [1.82, 2.24) is 0 Å². The fraction of sp³-hybridized carbons (Fsp3) is 0.296. The SMILES string of the molecule is CCC(CC)(Pc1ccccc1C(C)=O)c1cccc(C)c1OCc1ccccc1. The van der Waals surface area contributed by atoms with Crippen molar-refractivity contribution in [1.29, 1.82) is 0 Å². The van der Waals surface area contributed by atoms with E-state index >= 15 is 0 Å². The number of ether oxygens (including phenoxy) is 1. The van der Waals surface area contributed by atoms with E-state index in [9.17, 15) is 4.79 Å². The fourth-order valence-electron chi connectivity index (χ4n) is 3.98. The van der Waals surface area contributed by atoms with Crippen LogP contribution in [0.4, 0.5) is 0 Å². The highest BCUT2D eigenvalue weighted by Crippen LogP contribution is 2.51. The number of ketones is 1. The highest BCUT2D eigenvalue weighted by molar-refractivity contribution is 7.48. The molecule has 0 fully saturated rings. The van der Waals surface area contributed by atoms with E-state index < -0.39 is 0 Å². The quantitative estimate of drug-likeness (QED) is 0.282. The van der Waals surface area contributed by atoms with Gasteiger partial charge in [-0.2, -0.15) is 0 Å². The number of benzene rings is 3. The smallest absolute Gasteiger partial charge is 0.160 e. The molecule has 0 saturated heterocycles. The molecule has 1 unspecified atom stereocenters. The molecule has 0 saturated carbocycles. The third-order valence-corrected chi connectivity index (χ3v) is 8.00. The molecule has 0 amide bonds. The number of Topliss-reactive ketones (excluding diaryl/α,β-unsaturated/α-hetero) is 1. The third kappa shape index (κ3) is 4.82. The summed E-state index contributed by atoms with van der Waals surface area (Å²) in [5.74, 6) is 1.11. The summed E-state index contributed by atoms with van der Waals surface area (Å²) < 4.78 is 6.42. The van der Waals surface area contributed by atoms with Crippen LogP contribution in [0.3, 0.4) is 0 Å². The van der Waals surface area contributed by atoms with Crippen molar-refractivity contribution in [3.05, 3.63) is 95.1 Å². The Kier molecular flexibility index (Phi) is 7.45. The Morgan fingerprint density at radius 2 is 1.57 bits per heavy atom. The lowest BCUT2D eigenvalue weighted by Crippen LogP contribution is -2.25. The molecule has 1 atom stereocenters. The Hall–Kier alpha value is -2.44. The molecule has 0 aliphatic carbocycles. The lowest BCUT2D eigenvalue weighted by atomic mass is 9.90. The average molecular weight is 419 g/mol. The maximum Gasteiger partial charge on any atom is 0.160 e. The van der Waals surface area contributed by atoms with E-state index in [1.165, 1.54) is 5.56 Å². The van der Waals surface area contributed by atoms with Crippen LogP contribution in [0.1, 0.15) is 60.7 Å². The van der Waals surface area contributed by atoms with E-state index in [0.29, 0.717) is 15.2 Å². The molecule has 3 rings (SSSR count). The summed E-state index contributed by atoms with van der Waals surface area (Å²) in [6.45, 7) is 8.82. The number of hydrogen-bond acceptors (Lipinski definition) is 2. The zero-order valence-corrected chi connectivity index (χ0v) is 19.4. The molecular formula is C27H31O2P. The van der Waals surface area contributed by atoms with Crippen molar-refractivity contribution in [2.45, 2.75) is 52.3 Å². The molecule has 0 aliphatic heterocycles. The van der Waals surface area contributed by atoms with Crippen molar-refractivity contribution < 1.29 is 9.53 Å². The topological polar surface area (TPSA) is 26.3 Å². The van der Waals surface area contributed by atoms with Crippen molar-refractivity contribution in [2.75, 3.05) is 0 Å². The molecule has 0 bridgehead atoms. The van der Waals surface area contributed by atoms with E-state index in [2.05, 4.69) is 57.2 Å². The van der Waals surface area contributed by atoms with E-state index in [4.69, 9.17) is 4.74 Å². The van der Waals surface area contributed by atoms with Crippen molar-refractivity contribution in [3.8, 4) is 5.75 Å². The number of hydrogen-bond donors (Lipinski definition) is 0. The maximum atomic E-state index is 12.2. The van der Waals surface area contributed by atoms with Crippen LogP contribution in [0.5, 0.6) is 5.75 Å². The molecule has 3 aromatic carbocycles. The minimum absolute atomic E-state index is 0.0659. The Bertz CT molecular complexity index is 991. The second kappa shape index (κ2) is 10.0. The first-order valence-electron chi connectivity index (χ1n) is 10.7. The first kappa shape index (κ1) is 22.2. The lowest BCUT2D eigenvalue weighted by Gasteiger charge is -2.35. The van der Waals surface area contributed by atoms with Gasteiger partial charge in [0.25, 0.3) is 0 Å². The van der Waals surface area contributed by atoms with Crippen LogP contribution < -0.4 is 10.0 Å². The number of carbonyl (C=O) groups is 1. The molecule has 30 heavy (non-hydrogen) atoms. The van der Waals surface area contributed by atoms with Crippen LogP contribution in [0, 0.1) is 6.92 Å². The van der Waals surface area contributed by atoms with Gasteiger partial charge in [0.2, 0.25) is 0 Å². The van der Waals surface area contributed by atoms with Gasteiger partial charge in [-0.15, -0.1) is 0 Å². The zero-order valence-electron chi connectivity index (χ0n) is 18.4. The minimum atomic E-state index is -0.0659. The van der Waals surface area contributed by atoms with Gasteiger partial charge < -0.3 is 4.74 Å². The Balaban J connectivity index is 2.02. The molecule has 0 N–H and O–H groups in total. The third-order valence-electron chi connectivity index (χ3n) is 5.84. The van der Waals surface area contributed by atoms with Crippen LogP contribution in [0.15, 0.2) is 72.8 Å². The van der Waals surface area contributed by atoms with Crippen molar-refractivity contribution >= 4 is 19.7 Å². The van der Waals surface area contributed by atoms with Crippen molar-refractivity contribution in [2.24, 2.45) is 0 Å². The number of para-hydroxylation sites is 1. The van der Waals surface area contributed by atoms with Gasteiger partial charge >= 0.3 is 0 Å².